The zero-order chi connectivity index (χ0) is 22.8. The van der Waals surface area contributed by atoms with Crippen LogP contribution >= 0.6 is 0 Å². The van der Waals surface area contributed by atoms with Gasteiger partial charge in [-0.05, 0) is 48.6 Å². The number of anilines is 1. The third-order valence-electron chi connectivity index (χ3n) is 7.05. The summed E-state index contributed by atoms with van der Waals surface area (Å²) in [5.74, 6) is -0.777. The van der Waals surface area contributed by atoms with Crippen molar-refractivity contribution in [2.45, 2.75) is 69.7 Å². The lowest BCUT2D eigenvalue weighted by atomic mass is 9.89. The van der Waals surface area contributed by atoms with Gasteiger partial charge in [-0.3, -0.25) is 19.7 Å². The number of amides is 3. The zero-order valence-corrected chi connectivity index (χ0v) is 18.7. The summed E-state index contributed by atoms with van der Waals surface area (Å²) in [4.78, 5) is 38.3. The molecule has 0 spiro atoms. The van der Waals surface area contributed by atoms with Crippen molar-refractivity contribution in [2.75, 3.05) is 5.32 Å². The fraction of sp³-hybridized carbons (Fsp3) is 0.423. The second kappa shape index (κ2) is 9.35. The van der Waals surface area contributed by atoms with E-state index in [1.165, 1.54) is 18.4 Å². The van der Waals surface area contributed by atoms with Gasteiger partial charge in [0.15, 0.2) is 0 Å². The summed E-state index contributed by atoms with van der Waals surface area (Å²) < 4.78 is 0. The highest BCUT2D eigenvalue weighted by molar-refractivity contribution is 6.05. The van der Waals surface area contributed by atoms with Gasteiger partial charge in [0.25, 0.3) is 5.91 Å². The fourth-order valence-electron chi connectivity index (χ4n) is 5.27. The SMILES string of the molecule is O=C1CCC(N2Cc3cc(N[C@@H]4CCCC[C@@H]4NCc4ccccc4)ccc3C2=O)C(=O)N1. The van der Waals surface area contributed by atoms with E-state index in [0.717, 1.165) is 30.6 Å². The first-order chi connectivity index (χ1) is 16.1. The van der Waals surface area contributed by atoms with E-state index in [4.69, 9.17) is 0 Å². The number of hydrogen-bond donors (Lipinski definition) is 3. The summed E-state index contributed by atoms with van der Waals surface area (Å²) in [5, 5.41) is 9.79. The van der Waals surface area contributed by atoms with Crippen LogP contribution < -0.4 is 16.0 Å². The molecule has 3 atom stereocenters. The van der Waals surface area contributed by atoms with Crippen molar-refractivity contribution < 1.29 is 14.4 Å². The van der Waals surface area contributed by atoms with Gasteiger partial charge in [0.2, 0.25) is 11.8 Å². The molecular formula is C26H30N4O3. The first kappa shape index (κ1) is 21.6. The van der Waals surface area contributed by atoms with E-state index in [0.29, 0.717) is 30.6 Å². The van der Waals surface area contributed by atoms with Gasteiger partial charge < -0.3 is 15.5 Å². The molecule has 0 bridgehead atoms. The Morgan fingerprint density at radius 3 is 2.52 bits per heavy atom. The third kappa shape index (κ3) is 4.64. The number of carbonyl (C=O) groups is 3. The minimum atomic E-state index is -0.580. The minimum Gasteiger partial charge on any atom is -0.381 e. The van der Waals surface area contributed by atoms with Crippen LogP contribution in [0.3, 0.4) is 0 Å². The molecule has 2 aliphatic heterocycles. The molecule has 3 N–H and O–H groups in total. The maximum Gasteiger partial charge on any atom is 0.255 e. The number of benzene rings is 2. The van der Waals surface area contributed by atoms with Crippen LogP contribution in [-0.4, -0.2) is 40.7 Å². The summed E-state index contributed by atoms with van der Waals surface area (Å²) in [5.41, 5.74) is 3.86. The lowest BCUT2D eigenvalue weighted by Crippen LogP contribution is -2.52. The second-order valence-corrected chi connectivity index (χ2v) is 9.28. The average molecular weight is 447 g/mol. The Balaban J connectivity index is 1.25. The zero-order valence-electron chi connectivity index (χ0n) is 18.7. The number of piperidine rings is 1. The monoisotopic (exact) mass is 446 g/mol. The van der Waals surface area contributed by atoms with E-state index in [1.54, 1.807) is 4.90 Å². The quantitative estimate of drug-likeness (QED) is 0.594. The Kier molecular flexibility index (Phi) is 6.13. The van der Waals surface area contributed by atoms with Gasteiger partial charge in [-0.25, -0.2) is 0 Å². The summed E-state index contributed by atoms with van der Waals surface area (Å²) in [7, 11) is 0. The van der Waals surface area contributed by atoms with Gasteiger partial charge in [-0.1, -0.05) is 43.2 Å². The van der Waals surface area contributed by atoms with E-state index in [9.17, 15) is 14.4 Å². The van der Waals surface area contributed by atoms with Crippen LogP contribution in [0.4, 0.5) is 5.69 Å². The Morgan fingerprint density at radius 2 is 1.73 bits per heavy atom. The van der Waals surface area contributed by atoms with Crippen LogP contribution in [0.5, 0.6) is 0 Å². The Hall–Kier alpha value is -3.19. The highest BCUT2D eigenvalue weighted by Gasteiger charge is 2.39. The number of carbonyl (C=O) groups excluding carboxylic acids is 3. The van der Waals surface area contributed by atoms with Crippen LogP contribution in [0.15, 0.2) is 48.5 Å². The lowest BCUT2D eigenvalue weighted by molar-refractivity contribution is -0.136. The van der Waals surface area contributed by atoms with Gasteiger partial charge in [0.1, 0.15) is 6.04 Å². The molecule has 7 nitrogen and oxygen atoms in total. The average Bonchev–Trinajstić information content (AvgIpc) is 3.14. The van der Waals surface area contributed by atoms with Crippen molar-refractivity contribution in [1.82, 2.24) is 15.5 Å². The van der Waals surface area contributed by atoms with E-state index in [2.05, 4.69) is 40.2 Å². The van der Waals surface area contributed by atoms with E-state index in [-0.39, 0.29) is 24.1 Å². The van der Waals surface area contributed by atoms with Crippen LogP contribution in [0.25, 0.3) is 0 Å². The van der Waals surface area contributed by atoms with Crippen LogP contribution in [0.2, 0.25) is 0 Å². The Bertz CT molecular complexity index is 1050. The van der Waals surface area contributed by atoms with E-state index in [1.807, 2.05) is 24.3 Å². The van der Waals surface area contributed by atoms with E-state index >= 15 is 0 Å². The first-order valence-electron chi connectivity index (χ1n) is 11.9. The maximum atomic E-state index is 12.9. The molecule has 2 aromatic carbocycles. The predicted octanol–water partition coefficient (Wildman–Crippen LogP) is 2.96. The van der Waals surface area contributed by atoms with Gasteiger partial charge in [0, 0.05) is 42.8 Å². The molecule has 3 amide bonds. The van der Waals surface area contributed by atoms with Gasteiger partial charge in [-0.15, -0.1) is 0 Å². The van der Waals surface area contributed by atoms with Crippen molar-refractivity contribution in [1.29, 1.82) is 0 Å². The molecule has 1 saturated heterocycles. The predicted molar refractivity (Wildman–Crippen MR) is 125 cm³/mol. The van der Waals surface area contributed by atoms with Gasteiger partial charge in [-0.2, -0.15) is 0 Å². The lowest BCUT2D eigenvalue weighted by Gasteiger charge is -2.34. The molecule has 1 aliphatic carbocycles. The molecule has 7 heteroatoms. The molecule has 5 rings (SSSR count). The van der Waals surface area contributed by atoms with Crippen molar-refractivity contribution >= 4 is 23.4 Å². The number of imide groups is 1. The first-order valence-corrected chi connectivity index (χ1v) is 11.9. The molecule has 1 saturated carbocycles. The summed E-state index contributed by atoms with van der Waals surface area (Å²) >= 11 is 0. The molecule has 2 fully saturated rings. The van der Waals surface area contributed by atoms with Crippen LogP contribution in [0, 0.1) is 0 Å². The number of hydrogen-bond acceptors (Lipinski definition) is 5. The molecule has 1 unspecified atom stereocenters. The fourth-order valence-corrected chi connectivity index (χ4v) is 5.27. The molecular weight excluding hydrogens is 416 g/mol. The number of fused-ring (bicyclic) bond motifs is 1. The summed E-state index contributed by atoms with van der Waals surface area (Å²) in [6, 6.07) is 16.5. The topological polar surface area (TPSA) is 90.5 Å². The third-order valence-corrected chi connectivity index (χ3v) is 7.05. The molecule has 172 valence electrons. The van der Waals surface area contributed by atoms with Crippen molar-refractivity contribution in [3.05, 3.63) is 65.2 Å². The van der Waals surface area contributed by atoms with Crippen LogP contribution in [-0.2, 0) is 22.7 Å². The Labute approximate surface area is 193 Å². The summed E-state index contributed by atoms with van der Waals surface area (Å²) in [6.07, 6.45) is 5.31. The largest absolute Gasteiger partial charge is 0.381 e. The van der Waals surface area contributed by atoms with Crippen molar-refractivity contribution in [2.24, 2.45) is 0 Å². The number of nitrogens with zero attached hydrogens (tertiary/aromatic N) is 1. The second-order valence-electron chi connectivity index (χ2n) is 9.28. The number of nitrogens with one attached hydrogen (secondary N) is 3. The highest BCUT2D eigenvalue weighted by Crippen LogP contribution is 2.31. The van der Waals surface area contributed by atoms with E-state index < -0.39 is 6.04 Å². The molecule has 2 aromatic rings. The molecule has 0 radical (unpaired) electrons. The van der Waals surface area contributed by atoms with Crippen LogP contribution in [0.1, 0.15) is 60.0 Å². The highest BCUT2D eigenvalue weighted by atomic mass is 16.2. The summed E-state index contributed by atoms with van der Waals surface area (Å²) in [6.45, 7) is 1.25. The standard InChI is InChI=1S/C26H30N4O3/c31-24-13-12-23(25(32)29-24)30-16-18-14-19(10-11-20(18)26(30)33)28-22-9-5-4-8-21(22)27-15-17-6-2-1-3-7-17/h1-3,6-7,10-11,14,21-23,27-28H,4-5,8-9,12-13,15-16H2,(H,29,31,32)/t21-,22+,23?/m0/s1. The van der Waals surface area contributed by atoms with Gasteiger partial charge in [0.05, 0.1) is 0 Å². The molecule has 3 aliphatic rings. The smallest absolute Gasteiger partial charge is 0.255 e. The molecule has 2 heterocycles. The van der Waals surface area contributed by atoms with Gasteiger partial charge >= 0.3 is 0 Å². The van der Waals surface area contributed by atoms with Crippen molar-refractivity contribution in [3.8, 4) is 0 Å². The number of rotatable bonds is 6. The minimum absolute atomic E-state index is 0.133. The van der Waals surface area contributed by atoms with Crippen molar-refractivity contribution in [3.63, 3.8) is 0 Å². The Morgan fingerprint density at radius 1 is 0.939 bits per heavy atom. The molecule has 33 heavy (non-hydrogen) atoms. The molecule has 0 aromatic heterocycles. The maximum absolute atomic E-state index is 12.9. The normalized spacial score (nSPS) is 25.0.